The van der Waals surface area contributed by atoms with Gasteiger partial charge in [0.2, 0.25) is 0 Å². The standard InChI is InChI=1S/C34H41N3O4/c1-23-18-37(24(2)21-38)34(39)33-32(29-15-8-9-16-30(29)36(33)4)28-14-7-6-12-26(28)22-41-31(23)20-35(3)19-25-11-10-13-27(17-25)40-5/h6-17,23-24,31,38H,18-22H2,1-5H3/t23-,24+,31-/m1/s1. The summed E-state index contributed by atoms with van der Waals surface area (Å²) in [4.78, 5) is 18.6. The average Bonchev–Trinajstić information content (AvgIpc) is 3.28. The van der Waals surface area contributed by atoms with E-state index < -0.39 is 0 Å². The van der Waals surface area contributed by atoms with Crippen molar-refractivity contribution in [3.63, 3.8) is 0 Å². The molecule has 41 heavy (non-hydrogen) atoms. The van der Waals surface area contributed by atoms with Gasteiger partial charge in [-0.3, -0.25) is 9.69 Å². The first-order chi connectivity index (χ1) is 19.8. The van der Waals surface area contributed by atoms with Crippen LogP contribution in [0.1, 0.15) is 35.5 Å². The summed E-state index contributed by atoms with van der Waals surface area (Å²) in [5.41, 5.74) is 5.77. The molecule has 0 bridgehead atoms. The first-order valence-electron chi connectivity index (χ1n) is 14.3. The molecule has 0 spiro atoms. The van der Waals surface area contributed by atoms with Crippen LogP contribution in [0, 0.1) is 5.92 Å². The van der Waals surface area contributed by atoms with Crippen molar-refractivity contribution in [2.45, 2.75) is 39.1 Å². The molecular formula is C34H41N3O4. The molecular weight excluding hydrogens is 514 g/mol. The lowest BCUT2D eigenvalue weighted by Crippen LogP contribution is -2.47. The van der Waals surface area contributed by atoms with Gasteiger partial charge in [0.1, 0.15) is 11.4 Å². The molecule has 0 aliphatic carbocycles. The van der Waals surface area contributed by atoms with Crippen LogP contribution in [0.25, 0.3) is 22.0 Å². The van der Waals surface area contributed by atoms with Gasteiger partial charge in [0.15, 0.2) is 0 Å². The second-order valence-corrected chi connectivity index (χ2v) is 11.3. The van der Waals surface area contributed by atoms with Crippen LogP contribution in [0.3, 0.4) is 0 Å². The van der Waals surface area contributed by atoms with Gasteiger partial charge >= 0.3 is 0 Å². The summed E-state index contributed by atoms with van der Waals surface area (Å²) in [5.74, 6) is 0.780. The van der Waals surface area contributed by atoms with E-state index in [0.29, 0.717) is 25.4 Å². The quantitative estimate of drug-likeness (QED) is 0.333. The summed E-state index contributed by atoms with van der Waals surface area (Å²) >= 11 is 0. The molecule has 0 saturated heterocycles. The maximum Gasteiger partial charge on any atom is 0.271 e. The molecule has 1 aromatic heterocycles. The summed E-state index contributed by atoms with van der Waals surface area (Å²) in [7, 11) is 5.73. The Morgan fingerprint density at radius 2 is 1.85 bits per heavy atom. The smallest absolute Gasteiger partial charge is 0.271 e. The third kappa shape index (κ3) is 5.89. The second-order valence-electron chi connectivity index (χ2n) is 11.3. The number of para-hydroxylation sites is 1. The predicted octanol–water partition coefficient (Wildman–Crippen LogP) is 5.34. The monoisotopic (exact) mass is 555 g/mol. The molecule has 1 aliphatic rings. The number of carbonyl (C=O) groups excluding carboxylic acids is 1. The normalized spacial score (nSPS) is 18.6. The Kier molecular flexibility index (Phi) is 8.78. The number of nitrogens with zero attached hydrogens (tertiary/aromatic N) is 3. The number of carbonyl (C=O) groups is 1. The number of fused-ring (bicyclic) bond motifs is 5. The van der Waals surface area contributed by atoms with Crippen LogP contribution in [0.2, 0.25) is 0 Å². The predicted molar refractivity (Wildman–Crippen MR) is 163 cm³/mol. The first-order valence-corrected chi connectivity index (χ1v) is 14.3. The molecule has 4 aromatic rings. The van der Waals surface area contributed by atoms with E-state index in [4.69, 9.17) is 9.47 Å². The molecule has 3 aromatic carbocycles. The second kappa shape index (κ2) is 12.5. The Balaban J connectivity index is 1.55. The van der Waals surface area contributed by atoms with Crippen molar-refractivity contribution in [1.29, 1.82) is 0 Å². The zero-order chi connectivity index (χ0) is 29.1. The molecule has 7 heteroatoms. The number of amides is 1. The van der Waals surface area contributed by atoms with Gasteiger partial charge in [-0.05, 0) is 48.9 Å². The zero-order valence-electron chi connectivity index (χ0n) is 24.7. The van der Waals surface area contributed by atoms with Crippen molar-refractivity contribution in [2.24, 2.45) is 13.0 Å². The maximum absolute atomic E-state index is 14.5. The third-order valence-electron chi connectivity index (χ3n) is 8.30. The van der Waals surface area contributed by atoms with E-state index in [1.54, 1.807) is 7.11 Å². The fraction of sp³-hybridized carbons (Fsp3) is 0.382. The molecule has 0 radical (unpaired) electrons. The van der Waals surface area contributed by atoms with E-state index in [1.165, 1.54) is 0 Å². The van der Waals surface area contributed by atoms with E-state index >= 15 is 0 Å². The Morgan fingerprint density at radius 3 is 2.63 bits per heavy atom. The number of likely N-dealkylation sites (N-methyl/N-ethyl adjacent to an activating group) is 1. The van der Waals surface area contributed by atoms with Crippen LogP contribution in [0.15, 0.2) is 72.8 Å². The summed E-state index contributed by atoms with van der Waals surface area (Å²) < 4.78 is 14.1. The van der Waals surface area contributed by atoms with Crippen molar-refractivity contribution in [2.75, 3.05) is 33.9 Å². The zero-order valence-corrected chi connectivity index (χ0v) is 24.7. The molecule has 216 valence electrons. The van der Waals surface area contributed by atoms with Gasteiger partial charge in [0.05, 0.1) is 32.5 Å². The Morgan fingerprint density at radius 1 is 1.10 bits per heavy atom. The highest BCUT2D eigenvalue weighted by Gasteiger charge is 2.33. The van der Waals surface area contributed by atoms with E-state index in [-0.39, 0.29) is 30.6 Å². The minimum Gasteiger partial charge on any atom is -0.497 e. The summed E-state index contributed by atoms with van der Waals surface area (Å²) in [6, 6.07) is 24.1. The molecule has 0 saturated carbocycles. The third-order valence-corrected chi connectivity index (χ3v) is 8.30. The Bertz CT molecular complexity index is 1510. The number of methoxy groups -OCH3 is 1. The van der Waals surface area contributed by atoms with Crippen molar-refractivity contribution >= 4 is 16.8 Å². The van der Waals surface area contributed by atoms with Gasteiger partial charge < -0.3 is 24.0 Å². The Hall–Kier alpha value is -3.65. The number of aromatic nitrogens is 1. The molecule has 1 aliphatic heterocycles. The van der Waals surface area contributed by atoms with E-state index in [2.05, 4.69) is 55.3 Å². The van der Waals surface area contributed by atoms with E-state index in [9.17, 15) is 9.90 Å². The van der Waals surface area contributed by atoms with Crippen LogP contribution in [0.5, 0.6) is 5.75 Å². The number of aryl methyl sites for hydroxylation is 1. The van der Waals surface area contributed by atoms with E-state index in [0.717, 1.165) is 45.5 Å². The highest BCUT2D eigenvalue weighted by molar-refractivity contribution is 6.10. The minimum atomic E-state index is -0.345. The van der Waals surface area contributed by atoms with Crippen molar-refractivity contribution < 1.29 is 19.4 Å². The first kappa shape index (κ1) is 28.9. The number of aliphatic hydroxyl groups excluding tert-OH is 1. The maximum atomic E-state index is 14.5. The van der Waals surface area contributed by atoms with Crippen LogP contribution >= 0.6 is 0 Å². The number of aliphatic hydroxyl groups is 1. The van der Waals surface area contributed by atoms with Gasteiger partial charge in [-0.1, -0.05) is 61.5 Å². The fourth-order valence-corrected chi connectivity index (χ4v) is 5.98. The van der Waals surface area contributed by atoms with Gasteiger partial charge in [-0.15, -0.1) is 0 Å². The summed E-state index contributed by atoms with van der Waals surface area (Å²) in [5, 5.41) is 11.2. The number of ether oxygens (including phenoxy) is 2. The van der Waals surface area contributed by atoms with Crippen LogP contribution < -0.4 is 4.74 Å². The molecule has 1 N–H and O–H groups in total. The summed E-state index contributed by atoms with van der Waals surface area (Å²) in [6.45, 7) is 6.26. The lowest BCUT2D eigenvalue weighted by Gasteiger charge is -2.35. The van der Waals surface area contributed by atoms with Crippen LogP contribution in [-0.4, -0.2) is 71.4 Å². The SMILES string of the molecule is COc1cccc(CN(C)C[C@H]2OCc3ccccc3-c3c(n(C)c4ccccc34)C(=O)N([C@@H](C)CO)C[C@H]2C)c1. The molecule has 7 nitrogen and oxygen atoms in total. The number of hydrogen-bond donors (Lipinski definition) is 1. The Labute approximate surface area is 242 Å². The highest BCUT2D eigenvalue weighted by atomic mass is 16.5. The number of hydrogen-bond acceptors (Lipinski definition) is 5. The number of rotatable bonds is 7. The van der Waals surface area contributed by atoms with Crippen LogP contribution in [-0.2, 0) is 24.9 Å². The minimum absolute atomic E-state index is 0.0177. The summed E-state index contributed by atoms with van der Waals surface area (Å²) in [6.07, 6.45) is -0.141. The highest BCUT2D eigenvalue weighted by Crippen LogP contribution is 2.38. The van der Waals surface area contributed by atoms with Crippen molar-refractivity contribution in [3.05, 3.63) is 89.6 Å². The van der Waals surface area contributed by atoms with Gasteiger partial charge in [-0.25, -0.2) is 0 Å². The molecule has 3 atom stereocenters. The molecule has 1 amide bonds. The van der Waals surface area contributed by atoms with Crippen molar-refractivity contribution in [3.8, 4) is 16.9 Å². The van der Waals surface area contributed by atoms with E-state index in [1.807, 2.05) is 59.8 Å². The largest absolute Gasteiger partial charge is 0.497 e. The number of benzene rings is 3. The fourth-order valence-electron chi connectivity index (χ4n) is 5.98. The van der Waals surface area contributed by atoms with Gasteiger partial charge in [0.25, 0.3) is 5.91 Å². The van der Waals surface area contributed by atoms with Crippen molar-refractivity contribution in [1.82, 2.24) is 14.4 Å². The van der Waals surface area contributed by atoms with Gasteiger partial charge in [0, 0.05) is 49.1 Å². The van der Waals surface area contributed by atoms with Gasteiger partial charge in [-0.2, -0.15) is 0 Å². The molecule has 0 unspecified atom stereocenters. The topological polar surface area (TPSA) is 67.2 Å². The van der Waals surface area contributed by atoms with Crippen LogP contribution in [0.4, 0.5) is 0 Å². The molecule has 5 rings (SSSR count). The lowest BCUT2D eigenvalue weighted by molar-refractivity contribution is -0.0242. The lowest BCUT2D eigenvalue weighted by atomic mass is 9.96. The molecule has 2 heterocycles. The molecule has 0 fully saturated rings. The average molecular weight is 556 g/mol.